The quantitative estimate of drug-likeness (QED) is 0.400. The van der Waals surface area contributed by atoms with Crippen molar-refractivity contribution >= 4 is 17.6 Å². The Labute approximate surface area is 164 Å². The smallest absolute Gasteiger partial charge is 0.319 e. The third-order valence-corrected chi connectivity index (χ3v) is 3.99. The van der Waals surface area contributed by atoms with Crippen LogP contribution >= 0.6 is 0 Å². The first kappa shape index (κ1) is 21.1. The number of benzene rings is 1. The van der Waals surface area contributed by atoms with Crippen LogP contribution in [0.15, 0.2) is 36.4 Å². The predicted octanol–water partition coefficient (Wildman–Crippen LogP) is 1.62. The number of hydrogen-bond acceptors (Lipinski definition) is 5. The number of hydrogen-bond donors (Lipinski definition) is 3. The number of aromatic nitrogens is 4. The van der Waals surface area contributed by atoms with Crippen molar-refractivity contribution in [3.8, 4) is 0 Å². The second-order valence-corrected chi connectivity index (χ2v) is 6.35. The zero-order valence-corrected chi connectivity index (χ0v) is 16.1. The van der Waals surface area contributed by atoms with Crippen molar-refractivity contribution < 1.29 is 9.59 Å². The lowest BCUT2D eigenvalue weighted by molar-refractivity contribution is -0.113. The second-order valence-electron chi connectivity index (χ2n) is 6.35. The molecular weight excluding hydrogens is 358 g/mol. The molecule has 0 aliphatic heterocycles. The summed E-state index contributed by atoms with van der Waals surface area (Å²) >= 11 is 0. The number of aryl methyl sites for hydroxylation is 2. The van der Waals surface area contributed by atoms with Gasteiger partial charge in [0.1, 0.15) is 0 Å². The van der Waals surface area contributed by atoms with Gasteiger partial charge >= 0.3 is 6.03 Å². The Morgan fingerprint density at radius 1 is 1.18 bits per heavy atom. The summed E-state index contributed by atoms with van der Waals surface area (Å²) in [5.74, 6) is -0.577. The van der Waals surface area contributed by atoms with E-state index in [4.69, 9.17) is 5.73 Å². The molecule has 0 radical (unpaired) electrons. The van der Waals surface area contributed by atoms with Crippen LogP contribution < -0.4 is 16.4 Å². The summed E-state index contributed by atoms with van der Waals surface area (Å²) in [6.45, 7) is 3.19. The van der Waals surface area contributed by atoms with Gasteiger partial charge in [0.15, 0.2) is 0 Å². The molecule has 0 aliphatic carbocycles. The Morgan fingerprint density at radius 3 is 2.68 bits per heavy atom. The number of nitrogens with one attached hydrogen (secondary N) is 2. The Kier molecular flexibility index (Phi) is 8.64. The van der Waals surface area contributed by atoms with Gasteiger partial charge in [-0.1, -0.05) is 56.5 Å². The van der Waals surface area contributed by atoms with E-state index in [2.05, 4.69) is 33.0 Å². The van der Waals surface area contributed by atoms with E-state index >= 15 is 0 Å². The molecule has 0 saturated carbocycles. The highest BCUT2D eigenvalue weighted by Crippen LogP contribution is 2.05. The fraction of sp³-hybridized carbons (Fsp3) is 0.421. The Bertz CT molecular complexity index is 787. The van der Waals surface area contributed by atoms with Crippen molar-refractivity contribution in [1.82, 2.24) is 30.8 Å². The molecule has 0 unspecified atom stereocenters. The molecule has 4 N–H and O–H groups in total. The number of rotatable bonds is 11. The van der Waals surface area contributed by atoms with Gasteiger partial charge in [-0.2, -0.15) is 4.80 Å². The number of urea groups is 1. The lowest BCUT2D eigenvalue weighted by Crippen LogP contribution is -2.35. The monoisotopic (exact) mass is 385 g/mol. The molecule has 9 heteroatoms. The molecule has 0 atom stereocenters. The number of unbranched alkanes of at least 4 members (excludes halogenated alkanes) is 3. The molecule has 0 spiro atoms. The molecule has 3 amide bonds. The number of primary amides is 1. The number of tetrazole rings is 1. The molecule has 0 aliphatic rings. The second kappa shape index (κ2) is 11.5. The molecule has 150 valence electrons. The van der Waals surface area contributed by atoms with E-state index in [0.29, 0.717) is 13.1 Å². The van der Waals surface area contributed by atoms with Crippen LogP contribution in [0.2, 0.25) is 0 Å². The first-order valence-corrected chi connectivity index (χ1v) is 9.46. The van der Waals surface area contributed by atoms with Crippen LogP contribution in [0.4, 0.5) is 4.79 Å². The topological polar surface area (TPSA) is 128 Å². The molecule has 1 aromatic heterocycles. The molecule has 9 nitrogen and oxygen atoms in total. The fourth-order valence-corrected chi connectivity index (χ4v) is 2.54. The van der Waals surface area contributed by atoms with Gasteiger partial charge in [0.2, 0.25) is 11.7 Å². The van der Waals surface area contributed by atoms with Gasteiger partial charge in [-0.05, 0) is 23.6 Å². The number of carbonyl (C=O) groups excluding carboxylic acids is 2. The van der Waals surface area contributed by atoms with Crippen LogP contribution in [0.5, 0.6) is 0 Å². The number of carbonyl (C=O) groups is 2. The van der Waals surface area contributed by atoms with E-state index in [9.17, 15) is 9.59 Å². The third kappa shape index (κ3) is 7.56. The highest BCUT2D eigenvalue weighted by Gasteiger charge is 2.13. The average Bonchev–Trinajstić information content (AvgIpc) is 3.15. The molecule has 28 heavy (non-hydrogen) atoms. The van der Waals surface area contributed by atoms with Crippen LogP contribution in [0.1, 0.15) is 44.0 Å². The van der Waals surface area contributed by atoms with Crippen molar-refractivity contribution in [2.24, 2.45) is 5.73 Å². The van der Waals surface area contributed by atoms with Crippen molar-refractivity contribution in [1.29, 1.82) is 0 Å². The first-order chi connectivity index (χ1) is 13.6. The lowest BCUT2D eigenvalue weighted by atomic mass is 10.2. The third-order valence-electron chi connectivity index (χ3n) is 3.99. The minimum atomic E-state index is -0.709. The zero-order valence-electron chi connectivity index (χ0n) is 16.1. The number of amides is 3. The summed E-state index contributed by atoms with van der Waals surface area (Å²) in [7, 11) is 0. The Hall–Kier alpha value is -3.23. The maximum absolute atomic E-state index is 12.1. The van der Waals surface area contributed by atoms with Crippen LogP contribution in [0, 0.1) is 0 Å². The highest BCUT2D eigenvalue weighted by atomic mass is 16.2. The summed E-state index contributed by atoms with van der Waals surface area (Å²) < 4.78 is 0. The first-order valence-electron chi connectivity index (χ1n) is 9.46. The molecule has 1 heterocycles. The van der Waals surface area contributed by atoms with E-state index in [-0.39, 0.29) is 11.5 Å². The molecule has 1 aromatic carbocycles. The number of nitrogens with zero attached hydrogens (tertiary/aromatic N) is 4. The van der Waals surface area contributed by atoms with Crippen molar-refractivity contribution in [2.45, 2.75) is 45.6 Å². The standard InChI is InChI=1S/C19H27N7O2/c1-2-3-4-8-12-21-19(28)22-16(14-17(20)27)18-23-25-26(24-18)13-11-15-9-6-5-7-10-15/h5-7,9-10,14H,2-4,8,11-13H2,1H3,(H2,20,27)(H2,21,22,28)/b16-14+. The summed E-state index contributed by atoms with van der Waals surface area (Å²) in [5, 5.41) is 17.4. The molecule has 2 rings (SSSR count). The van der Waals surface area contributed by atoms with Gasteiger partial charge in [0.25, 0.3) is 0 Å². The average molecular weight is 385 g/mol. The normalized spacial score (nSPS) is 11.2. The predicted molar refractivity (Wildman–Crippen MR) is 106 cm³/mol. The van der Waals surface area contributed by atoms with Gasteiger partial charge in [0, 0.05) is 12.6 Å². The van der Waals surface area contributed by atoms with Gasteiger partial charge in [0.05, 0.1) is 12.2 Å². The Morgan fingerprint density at radius 2 is 1.96 bits per heavy atom. The maximum atomic E-state index is 12.1. The van der Waals surface area contributed by atoms with E-state index < -0.39 is 11.9 Å². The van der Waals surface area contributed by atoms with Crippen molar-refractivity contribution in [3.05, 3.63) is 47.8 Å². The van der Waals surface area contributed by atoms with Crippen LogP contribution in [-0.2, 0) is 17.8 Å². The highest BCUT2D eigenvalue weighted by molar-refractivity contribution is 5.96. The molecular formula is C19H27N7O2. The van der Waals surface area contributed by atoms with Crippen LogP contribution in [0.3, 0.4) is 0 Å². The molecule has 0 fully saturated rings. The largest absolute Gasteiger partial charge is 0.366 e. The lowest BCUT2D eigenvalue weighted by Gasteiger charge is -2.08. The SMILES string of the molecule is CCCCCCNC(=O)N/C(=C/C(N)=O)c1nnn(CCc2ccccc2)n1. The molecule has 0 saturated heterocycles. The van der Waals surface area contributed by atoms with E-state index in [1.807, 2.05) is 30.3 Å². The number of nitrogens with two attached hydrogens (primary N) is 1. The van der Waals surface area contributed by atoms with E-state index in [1.54, 1.807) is 0 Å². The molecule has 2 aromatic rings. The van der Waals surface area contributed by atoms with Gasteiger partial charge in [-0.15, -0.1) is 10.2 Å². The summed E-state index contributed by atoms with van der Waals surface area (Å²) in [5.41, 5.74) is 6.50. The van der Waals surface area contributed by atoms with Gasteiger partial charge < -0.3 is 16.4 Å². The van der Waals surface area contributed by atoms with E-state index in [1.165, 1.54) is 4.80 Å². The minimum Gasteiger partial charge on any atom is -0.366 e. The van der Waals surface area contributed by atoms with Gasteiger partial charge in [-0.25, -0.2) is 4.79 Å². The Balaban J connectivity index is 1.93. The summed E-state index contributed by atoms with van der Waals surface area (Å²) in [6, 6.07) is 9.48. The summed E-state index contributed by atoms with van der Waals surface area (Å²) in [6.07, 6.45) is 6.02. The van der Waals surface area contributed by atoms with Crippen LogP contribution in [-0.4, -0.2) is 38.7 Å². The maximum Gasteiger partial charge on any atom is 0.319 e. The van der Waals surface area contributed by atoms with E-state index in [0.717, 1.165) is 43.7 Å². The zero-order chi connectivity index (χ0) is 20.2. The minimum absolute atomic E-state index is 0.115. The fourth-order valence-electron chi connectivity index (χ4n) is 2.54. The molecule has 0 bridgehead atoms. The van der Waals surface area contributed by atoms with Gasteiger partial charge in [-0.3, -0.25) is 4.79 Å². The van der Waals surface area contributed by atoms with Crippen LogP contribution in [0.25, 0.3) is 5.70 Å². The van der Waals surface area contributed by atoms with Crippen molar-refractivity contribution in [2.75, 3.05) is 6.54 Å². The summed E-state index contributed by atoms with van der Waals surface area (Å²) in [4.78, 5) is 24.8. The van der Waals surface area contributed by atoms with Crippen molar-refractivity contribution in [3.63, 3.8) is 0 Å².